The summed E-state index contributed by atoms with van der Waals surface area (Å²) in [6, 6.07) is 1.45. The van der Waals surface area contributed by atoms with E-state index in [2.05, 4.69) is 29.4 Å². The summed E-state index contributed by atoms with van der Waals surface area (Å²) >= 11 is 0. The Morgan fingerprint density at radius 2 is 1.85 bits per heavy atom. The number of piperazine rings is 1. The van der Waals surface area contributed by atoms with E-state index in [0.717, 1.165) is 31.6 Å². The average molecular weight is 183 g/mol. The van der Waals surface area contributed by atoms with Crippen LogP contribution in [-0.2, 0) is 0 Å². The average Bonchev–Trinajstić information content (AvgIpc) is 2.29. The predicted molar refractivity (Wildman–Crippen MR) is 54.9 cm³/mol. The summed E-state index contributed by atoms with van der Waals surface area (Å²) in [7, 11) is 0. The van der Waals surface area contributed by atoms with E-state index in [4.69, 9.17) is 0 Å². The van der Waals surface area contributed by atoms with Gasteiger partial charge < -0.3 is 10.6 Å². The Hall–Kier alpha value is -0.120. The first-order valence-electron chi connectivity index (χ1n) is 5.46. The van der Waals surface area contributed by atoms with Crippen LogP contribution in [0.15, 0.2) is 0 Å². The van der Waals surface area contributed by atoms with Gasteiger partial charge in [0.15, 0.2) is 0 Å². The van der Waals surface area contributed by atoms with Crippen LogP contribution in [0.2, 0.25) is 0 Å². The largest absolute Gasteiger partial charge is 0.315 e. The van der Waals surface area contributed by atoms with Gasteiger partial charge in [0.05, 0.1) is 0 Å². The molecule has 3 atom stereocenters. The minimum atomic E-state index is 0.716. The molecule has 2 aliphatic rings. The molecular formula is C10H21N3. The van der Waals surface area contributed by atoms with E-state index < -0.39 is 0 Å². The van der Waals surface area contributed by atoms with Gasteiger partial charge in [0.1, 0.15) is 0 Å². The van der Waals surface area contributed by atoms with Crippen LogP contribution in [0.3, 0.4) is 0 Å². The number of nitrogens with zero attached hydrogens (tertiary/aromatic N) is 1. The van der Waals surface area contributed by atoms with Gasteiger partial charge in [-0.25, -0.2) is 0 Å². The fraction of sp³-hybridized carbons (Fsp3) is 1.00. The highest BCUT2D eigenvalue weighted by atomic mass is 15.3. The van der Waals surface area contributed by atoms with E-state index in [9.17, 15) is 0 Å². The molecule has 2 saturated heterocycles. The van der Waals surface area contributed by atoms with E-state index in [1.165, 1.54) is 13.1 Å². The van der Waals surface area contributed by atoms with Crippen LogP contribution in [0, 0.1) is 5.92 Å². The molecule has 0 aromatic carbocycles. The third-order valence-corrected chi connectivity index (χ3v) is 3.59. The minimum Gasteiger partial charge on any atom is -0.315 e. The highest BCUT2D eigenvalue weighted by Gasteiger charge is 2.31. The fourth-order valence-corrected chi connectivity index (χ4v) is 2.48. The van der Waals surface area contributed by atoms with E-state index >= 15 is 0 Å². The van der Waals surface area contributed by atoms with Gasteiger partial charge in [-0.2, -0.15) is 0 Å². The molecule has 2 heterocycles. The van der Waals surface area contributed by atoms with Gasteiger partial charge in [0.2, 0.25) is 0 Å². The molecule has 0 bridgehead atoms. The summed E-state index contributed by atoms with van der Waals surface area (Å²) < 4.78 is 0. The topological polar surface area (TPSA) is 27.3 Å². The molecule has 2 aliphatic heterocycles. The van der Waals surface area contributed by atoms with Crippen LogP contribution in [0.4, 0.5) is 0 Å². The molecule has 0 aliphatic carbocycles. The van der Waals surface area contributed by atoms with Crippen LogP contribution >= 0.6 is 0 Å². The second-order valence-corrected chi connectivity index (χ2v) is 4.47. The van der Waals surface area contributed by atoms with Gasteiger partial charge in [-0.05, 0) is 19.4 Å². The second kappa shape index (κ2) is 3.95. The maximum Gasteiger partial charge on any atom is 0.0348 e. The normalized spacial score (nSPS) is 42.5. The Morgan fingerprint density at radius 1 is 1.08 bits per heavy atom. The van der Waals surface area contributed by atoms with Crippen molar-refractivity contribution in [2.45, 2.75) is 25.9 Å². The summed E-state index contributed by atoms with van der Waals surface area (Å²) in [6.45, 7) is 10.6. The third kappa shape index (κ3) is 1.87. The quantitative estimate of drug-likeness (QED) is 0.549. The molecule has 0 aromatic heterocycles. The van der Waals surface area contributed by atoms with Gasteiger partial charge in [-0.1, -0.05) is 6.92 Å². The van der Waals surface area contributed by atoms with Crippen molar-refractivity contribution in [1.29, 1.82) is 0 Å². The molecule has 1 unspecified atom stereocenters. The van der Waals surface area contributed by atoms with E-state index in [1.54, 1.807) is 0 Å². The highest BCUT2D eigenvalue weighted by molar-refractivity contribution is 4.89. The first kappa shape index (κ1) is 9.44. The van der Waals surface area contributed by atoms with Crippen molar-refractivity contribution in [1.82, 2.24) is 15.5 Å². The van der Waals surface area contributed by atoms with Crippen molar-refractivity contribution in [2.24, 2.45) is 5.92 Å². The lowest BCUT2D eigenvalue weighted by Crippen LogP contribution is -2.56. The van der Waals surface area contributed by atoms with Crippen molar-refractivity contribution >= 4 is 0 Å². The van der Waals surface area contributed by atoms with Crippen molar-refractivity contribution in [3.05, 3.63) is 0 Å². The van der Waals surface area contributed by atoms with Gasteiger partial charge >= 0.3 is 0 Å². The maximum absolute atomic E-state index is 3.54. The zero-order valence-electron chi connectivity index (χ0n) is 8.71. The highest BCUT2D eigenvalue weighted by Crippen LogP contribution is 2.17. The van der Waals surface area contributed by atoms with Crippen LogP contribution in [0.1, 0.15) is 13.8 Å². The summed E-state index contributed by atoms with van der Waals surface area (Å²) in [4.78, 5) is 2.67. The molecule has 0 radical (unpaired) electrons. The van der Waals surface area contributed by atoms with Crippen molar-refractivity contribution in [3.8, 4) is 0 Å². The van der Waals surface area contributed by atoms with E-state index in [0.29, 0.717) is 6.04 Å². The van der Waals surface area contributed by atoms with Crippen LogP contribution < -0.4 is 10.6 Å². The fourth-order valence-electron chi connectivity index (χ4n) is 2.48. The molecule has 2 rings (SSSR count). The Labute approximate surface area is 80.9 Å². The zero-order chi connectivity index (χ0) is 9.26. The van der Waals surface area contributed by atoms with Crippen LogP contribution in [-0.4, -0.2) is 49.7 Å². The summed E-state index contributed by atoms with van der Waals surface area (Å²) in [5, 5.41) is 7.01. The van der Waals surface area contributed by atoms with Crippen molar-refractivity contribution < 1.29 is 0 Å². The Balaban J connectivity index is 2.06. The molecule has 0 amide bonds. The third-order valence-electron chi connectivity index (χ3n) is 3.59. The Bertz CT molecular complexity index is 170. The monoisotopic (exact) mass is 183 g/mol. The summed E-state index contributed by atoms with van der Waals surface area (Å²) in [5.41, 5.74) is 0. The Morgan fingerprint density at radius 3 is 2.69 bits per heavy atom. The number of rotatable bonds is 0. The lowest BCUT2D eigenvalue weighted by molar-refractivity contribution is 0.105. The van der Waals surface area contributed by atoms with Crippen LogP contribution in [0.5, 0.6) is 0 Å². The van der Waals surface area contributed by atoms with Gasteiger partial charge in [-0.3, -0.25) is 4.90 Å². The molecule has 2 N–H and O–H groups in total. The Kier molecular flexibility index (Phi) is 2.86. The summed E-state index contributed by atoms with van der Waals surface area (Å²) in [6.07, 6.45) is 0. The van der Waals surface area contributed by atoms with E-state index in [-0.39, 0.29) is 0 Å². The molecule has 13 heavy (non-hydrogen) atoms. The molecule has 76 valence electrons. The first-order chi connectivity index (χ1) is 6.29. The second-order valence-electron chi connectivity index (χ2n) is 4.47. The summed E-state index contributed by atoms with van der Waals surface area (Å²) in [5.74, 6) is 0.781. The number of hydrogen-bond donors (Lipinski definition) is 2. The number of hydrogen-bond acceptors (Lipinski definition) is 3. The molecule has 0 spiro atoms. The van der Waals surface area contributed by atoms with Crippen molar-refractivity contribution in [3.63, 3.8) is 0 Å². The molecular weight excluding hydrogens is 162 g/mol. The smallest absolute Gasteiger partial charge is 0.0348 e. The minimum absolute atomic E-state index is 0.716. The van der Waals surface area contributed by atoms with Crippen molar-refractivity contribution in [2.75, 3.05) is 32.7 Å². The predicted octanol–water partition coefficient (Wildman–Crippen LogP) is -0.112. The standard InChI is InChI=1S/C10H21N3/c1-8-5-12-7-10-6-11-3-4-13(10)9(8)2/h8-12H,3-7H2,1-2H3/t8-,9-,10?/m1/s1. The number of fused-ring (bicyclic) bond motifs is 1. The lowest BCUT2D eigenvalue weighted by Gasteiger charge is -2.39. The molecule has 0 saturated carbocycles. The molecule has 3 nitrogen and oxygen atoms in total. The zero-order valence-corrected chi connectivity index (χ0v) is 8.71. The maximum atomic E-state index is 3.54. The van der Waals surface area contributed by atoms with Gasteiger partial charge in [0.25, 0.3) is 0 Å². The molecule has 2 fully saturated rings. The molecule has 3 heteroatoms. The molecule has 0 aromatic rings. The van der Waals surface area contributed by atoms with E-state index in [1.807, 2.05) is 0 Å². The lowest BCUT2D eigenvalue weighted by atomic mass is 10.0. The van der Waals surface area contributed by atoms with Gasteiger partial charge in [-0.15, -0.1) is 0 Å². The first-order valence-corrected chi connectivity index (χ1v) is 5.46. The van der Waals surface area contributed by atoms with Crippen LogP contribution in [0.25, 0.3) is 0 Å². The van der Waals surface area contributed by atoms with Gasteiger partial charge in [0, 0.05) is 38.3 Å². The SMILES string of the molecule is C[C@@H]1CNCC2CNCCN2[C@@H]1C. The number of nitrogens with one attached hydrogen (secondary N) is 2.